The summed E-state index contributed by atoms with van der Waals surface area (Å²) in [6.07, 6.45) is 0. The lowest BCUT2D eigenvalue weighted by molar-refractivity contribution is 0.0661. The standard InChI is InChI=1S/C10H15NO5S/c1-6(2)5-11-17(14,15)9-4-8(10(12)13)16-7(9)3/h4,6,11H,5H2,1-3H3,(H,12,13). The summed E-state index contributed by atoms with van der Waals surface area (Å²) in [4.78, 5) is 10.5. The molecule has 0 unspecified atom stereocenters. The molecule has 17 heavy (non-hydrogen) atoms. The Kier molecular flexibility index (Phi) is 3.94. The summed E-state index contributed by atoms with van der Waals surface area (Å²) in [5.41, 5.74) is 0. The number of hydrogen-bond donors (Lipinski definition) is 2. The lowest BCUT2D eigenvalue weighted by atomic mass is 10.2. The molecular formula is C10H15NO5S. The van der Waals surface area contributed by atoms with Crippen LogP contribution in [0.2, 0.25) is 0 Å². The fourth-order valence-corrected chi connectivity index (χ4v) is 2.58. The van der Waals surface area contributed by atoms with Gasteiger partial charge in [-0.05, 0) is 12.8 Å². The fraction of sp³-hybridized carbons (Fsp3) is 0.500. The van der Waals surface area contributed by atoms with Gasteiger partial charge in [-0.25, -0.2) is 17.9 Å². The van der Waals surface area contributed by atoms with Gasteiger partial charge in [0.05, 0.1) is 0 Å². The van der Waals surface area contributed by atoms with Crippen LogP contribution in [0.1, 0.15) is 30.2 Å². The van der Waals surface area contributed by atoms with Gasteiger partial charge in [-0.15, -0.1) is 0 Å². The summed E-state index contributed by atoms with van der Waals surface area (Å²) in [6, 6.07) is 1.01. The van der Waals surface area contributed by atoms with Crippen LogP contribution < -0.4 is 4.72 Å². The average Bonchev–Trinajstić information content (AvgIpc) is 2.58. The fourth-order valence-electron chi connectivity index (χ4n) is 1.19. The van der Waals surface area contributed by atoms with Gasteiger partial charge in [-0.1, -0.05) is 13.8 Å². The van der Waals surface area contributed by atoms with Crippen LogP contribution in [0, 0.1) is 12.8 Å². The van der Waals surface area contributed by atoms with Crippen molar-refractivity contribution in [2.75, 3.05) is 6.54 Å². The van der Waals surface area contributed by atoms with Crippen LogP contribution in [0.25, 0.3) is 0 Å². The number of carboxylic acid groups (broad SMARTS) is 1. The first-order valence-electron chi connectivity index (χ1n) is 5.07. The van der Waals surface area contributed by atoms with Crippen molar-refractivity contribution in [2.45, 2.75) is 25.7 Å². The second-order valence-electron chi connectivity index (χ2n) is 4.08. The molecule has 96 valence electrons. The lowest BCUT2D eigenvalue weighted by Crippen LogP contribution is -2.27. The lowest BCUT2D eigenvalue weighted by Gasteiger charge is -2.07. The van der Waals surface area contributed by atoms with Gasteiger partial charge in [0, 0.05) is 12.6 Å². The number of nitrogens with one attached hydrogen (secondary N) is 1. The normalized spacial score (nSPS) is 12.0. The molecule has 0 bridgehead atoms. The number of sulfonamides is 1. The van der Waals surface area contributed by atoms with Crippen LogP contribution in [0.4, 0.5) is 0 Å². The second-order valence-corrected chi connectivity index (χ2v) is 5.82. The molecule has 1 aromatic rings. The molecule has 0 aliphatic rings. The van der Waals surface area contributed by atoms with Crippen LogP contribution in [-0.4, -0.2) is 26.0 Å². The first-order chi connectivity index (χ1) is 7.74. The number of aromatic carboxylic acids is 1. The molecule has 0 aliphatic carbocycles. The molecule has 0 spiro atoms. The van der Waals surface area contributed by atoms with E-state index in [9.17, 15) is 13.2 Å². The SMILES string of the molecule is Cc1oc(C(=O)O)cc1S(=O)(=O)NCC(C)C. The first kappa shape index (κ1) is 13.7. The zero-order valence-corrected chi connectivity index (χ0v) is 10.7. The summed E-state index contributed by atoms with van der Waals surface area (Å²) in [7, 11) is -3.71. The van der Waals surface area contributed by atoms with E-state index < -0.39 is 16.0 Å². The average molecular weight is 261 g/mol. The molecule has 1 heterocycles. The minimum Gasteiger partial charge on any atom is -0.475 e. The molecule has 7 heteroatoms. The molecule has 0 saturated heterocycles. The van der Waals surface area contributed by atoms with Gasteiger partial charge in [0.1, 0.15) is 10.7 Å². The van der Waals surface area contributed by atoms with Crippen molar-refractivity contribution in [3.8, 4) is 0 Å². The van der Waals surface area contributed by atoms with E-state index in [4.69, 9.17) is 9.52 Å². The Bertz CT molecular complexity index is 515. The minimum atomic E-state index is -3.71. The molecule has 2 N–H and O–H groups in total. The molecule has 0 aromatic carbocycles. The van der Waals surface area contributed by atoms with Crippen LogP contribution in [-0.2, 0) is 10.0 Å². The summed E-state index contributed by atoms with van der Waals surface area (Å²) in [5, 5.41) is 8.70. The Labute approximate surface area is 99.7 Å². The molecule has 0 amide bonds. The van der Waals surface area contributed by atoms with Gasteiger partial charge in [0.15, 0.2) is 0 Å². The Morgan fingerprint density at radius 3 is 2.53 bits per heavy atom. The van der Waals surface area contributed by atoms with Gasteiger partial charge in [0.25, 0.3) is 0 Å². The van der Waals surface area contributed by atoms with E-state index in [0.717, 1.165) is 6.07 Å². The highest BCUT2D eigenvalue weighted by atomic mass is 32.2. The summed E-state index contributed by atoms with van der Waals surface area (Å²) >= 11 is 0. The van der Waals surface area contributed by atoms with Crippen LogP contribution in [0.15, 0.2) is 15.4 Å². The molecule has 0 aliphatic heterocycles. The maximum atomic E-state index is 11.8. The number of carbonyl (C=O) groups is 1. The van der Waals surface area contributed by atoms with Gasteiger partial charge < -0.3 is 9.52 Å². The van der Waals surface area contributed by atoms with Crippen molar-refractivity contribution in [1.82, 2.24) is 4.72 Å². The minimum absolute atomic E-state index is 0.0682. The van der Waals surface area contributed by atoms with E-state index in [1.807, 2.05) is 13.8 Å². The maximum Gasteiger partial charge on any atom is 0.371 e. The molecular weight excluding hydrogens is 246 g/mol. The smallest absolute Gasteiger partial charge is 0.371 e. The van der Waals surface area contributed by atoms with E-state index in [-0.39, 0.29) is 28.9 Å². The molecule has 0 radical (unpaired) electrons. The zero-order valence-electron chi connectivity index (χ0n) is 9.85. The highest BCUT2D eigenvalue weighted by Crippen LogP contribution is 2.19. The van der Waals surface area contributed by atoms with Crippen LogP contribution in [0.3, 0.4) is 0 Å². The van der Waals surface area contributed by atoms with Crippen molar-refractivity contribution in [3.05, 3.63) is 17.6 Å². The van der Waals surface area contributed by atoms with Gasteiger partial charge >= 0.3 is 5.97 Å². The number of aryl methyl sites for hydroxylation is 1. The van der Waals surface area contributed by atoms with E-state index in [0.29, 0.717) is 0 Å². The predicted molar refractivity (Wildman–Crippen MR) is 60.4 cm³/mol. The Balaban J connectivity index is 3.03. The highest BCUT2D eigenvalue weighted by molar-refractivity contribution is 7.89. The molecule has 1 rings (SSSR count). The van der Waals surface area contributed by atoms with Crippen LogP contribution >= 0.6 is 0 Å². The van der Waals surface area contributed by atoms with Crippen molar-refractivity contribution in [1.29, 1.82) is 0 Å². The van der Waals surface area contributed by atoms with Crippen molar-refractivity contribution >= 4 is 16.0 Å². The van der Waals surface area contributed by atoms with Crippen molar-refractivity contribution in [2.24, 2.45) is 5.92 Å². The first-order valence-corrected chi connectivity index (χ1v) is 6.55. The topological polar surface area (TPSA) is 96.6 Å². The molecule has 0 atom stereocenters. The van der Waals surface area contributed by atoms with E-state index in [2.05, 4.69) is 4.72 Å². The van der Waals surface area contributed by atoms with Crippen molar-refractivity contribution < 1.29 is 22.7 Å². The number of rotatable bonds is 5. The third kappa shape index (κ3) is 3.31. The third-order valence-electron chi connectivity index (χ3n) is 2.05. The molecule has 6 nitrogen and oxygen atoms in total. The number of hydrogen-bond acceptors (Lipinski definition) is 4. The largest absolute Gasteiger partial charge is 0.475 e. The predicted octanol–water partition coefficient (Wildman–Crippen LogP) is 1.22. The Morgan fingerprint density at radius 1 is 1.53 bits per heavy atom. The highest BCUT2D eigenvalue weighted by Gasteiger charge is 2.23. The monoisotopic (exact) mass is 261 g/mol. The number of furan rings is 1. The summed E-state index contributed by atoms with van der Waals surface area (Å²) in [5.74, 6) is -1.44. The van der Waals surface area contributed by atoms with E-state index in [1.54, 1.807) is 0 Å². The molecule has 0 saturated carbocycles. The van der Waals surface area contributed by atoms with Gasteiger partial charge in [-0.3, -0.25) is 0 Å². The molecule has 1 aromatic heterocycles. The van der Waals surface area contributed by atoms with E-state index >= 15 is 0 Å². The van der Waals surface area contributed by atoms with Gasteiger partial charge in [-0.2, -0.15) is 0 Å². The Hall–Kier alpha value is -1.34. The quantitative estimate of drug-likeness (QED) is 0.830. The summed E-state index contributed by atoms with van der Waals surface area (Å²) in [6.45, 7) is 5.44. The maximum absolute atomic E-state index is 11.8. The second kappa shape index (κ2) is 4.89. The summed E-state index contributed by atoms with van der Waals surface area (Å²) < 4.78 is 30.9. The third-order valence-corrected chi connectivity index (χ3v) is 3.59. The van der Waals surface area contributed by atoms with Crippen LogP contribution in [0.5, 0.6) is 0 Å². The number of carboxylic acids is 1. The molecule has 0 fully saturated rings. The van der Waals surface area contributed by atoms with Crippen molar-refractivity contribution in [3.63, 3.8) is 0 Å². The van der Waals surface area contributed by atoms with E-state index in [1.165, 1.54) is 6.92 Å². The van der Waals surface area contributed by atoms with Gasteiger partial charge in [0.2, 0.25) is 15.8 Å². The zero-order chi connectivity index (χ0) is 13.2. The Morgan fingerprint density at radius 2 is 2.12 bits per heavy atom.